The van der Waals surface area contributed by atoms with Crippen molar-refractivity contribution in [2.45, 2.75) is 50.7 Å². The highest BCUT2D eigenvalue weighted by atomic mass is 16.5. The van der Waals surface area contributed by atoms with Gasteiger partial charge in [-0.2, -0.15) is 0 Å². The number of ether oxygens (including phenoxy) is 3. The molecule has 0 amide bonds. The molecule has 1 saturated carbocycles. The molecule has 49 heavy (non-hydrogen) atoms. The van der Waals surface area contributed by atoms with Gasteiger partial charge in [0.2, 0.25) is 0 Å². The van der Waals surface area contributed by atoms with Crippen molar-refractivity contribution in [1.82, 2.24) is 14.9 Å². The zero-order chi connectivity index (χ0) is 33.7. The third-order valence-electron chi connectivity index (χ3n) is 9.79. The third-order valence-corrected chi connectivity index (χ3v) is 9.79. The molecule has 2 aromatic heterocycles. The van der Waals surface area contributed by atoms with Crippen LogP contribution in [0.4, 0.5) is 5.69 Å². The molecule has 0 spiro atoms. The molecule has 8 nitrogen and oxygen atoms in total. The molecule has 1 aliphatic carbocycles. The van der Waals surface area contributed by atoms with Crippen LogP contribution in [0.3, 0.4) is 0 Å². The first-order valence-corrected chi connectivity index (χ1v) is 17.1. The Morgan fingerprint density at radius 2 is 1.39 bits per heavy atom. The number of aromatic hydroxyl groups is 1. The summed E-state index contributed by atoms with van der Waals surface area (Å²) >= 11 is 0. The van der Waals surface area contributed by atoms with E-state index in [-0.39, 0.29) is 5.75 Å². The summed E-state index contributed by atoms with van der Waals surface area (Å²) in [5, 5.41) is 9.69. The standard InChI is InChI=1S/C41H44N4O4/c1-47-36-12-8-33(9-13-36)45(27-29-15-19-43-39(23-29)32-24-37(30-4-5-30)41(49-3)40(25-32)48-2)34-16-20-44(21-17-34)26-28-14-18-42-38(22-28)31-6-10-35(46)11-7-31/h6-15,18-19,22-25,30,34,46H,4-5,16-17,20-21,26-27H2,1-3H3. The van der Waals surface area contributed by atoms with Gasteiger partial charge in [0.15, 0.2) is 11.5 Å². The minimum Gasteiger partial charge on any atom is -0.508 e. The fourth-order valence-electron chi connectivity index (χ4n) is 6.98. The predicted molar refractivity (Wildman–Crippen MR) is 194 cm³/mol. The van der Waals surface area contributed by atoms with Crippen molar-refractivity contribution in [3.63, 3.8) is 0 Å². The van der Waals surface area contributed by atoms with Crippen LogP contribution in [0.1, 0.15) is 48.3 Å². The van der Waals surface area contributed by atoms with Crippen LogP contribution in [0.15, 0.2) is 97.3 Å². The first-order chi connectivity index (χ1) is 24.0. The third kappa shape index (κ3) is 7.50. The topological polar surface area (TPSA) is 80.2 Å². The fourth-order valence-corrected chi connectivity index (χ4v) is 6.98. The van der Waals surface area contributed by atoms with Crippen molar-refractivity contribution in [2.24, 2.45) is 0 Å². The molecule has 2 fully saturated rings. The molecule has 7 rings (SSSR count). The zero-order valence-corrected chi connectivity index (χ0v) is 28.5. The number of methoxy groups -OCH3 is 3. The lowest BCUT2D eigenvalue weighted by atomic mass is 9.99. The van der Waals surface area contributed by atoms with E-state index in [2.05, 4.69) is 57.2 Å². The summed E-state index contributed by atoms with van der Waals surface area (Å²) in [5.74, 6) is 3.22. The van der Waals surface area contributed by atoms with E-state index in [0.29, 0.717) is 12.0 Å². The number of hydrogen-bond acceptors (Lipinski definition) is 8. The van der Waals surface area contributed by atoms with Gasteiger partial charge in [-0.05, 0) is 128 Å². The highest BCUT2D eigenvalue weighted by molar-refractivity contribution is 5.68. The van der Waals surface area contributed by atoms with E-state index < -0.39 is 0 Å². The molecule has 3 aromatic carbocycles. The van der Waals surface area contributed by atoms with Gasteiger partial charge in [0.05, 0.1) is 32.7 Å². The predicted octanol–water partition coefficient (Wildman–Crippen LogP) is 8.09. The first-order valence-electron chi connectivity index (χ1n) is 17.1. The molecule has 8 heteroatoms. The van der Waals surface area contributed by atoms with Crippen LogP contribution in [-0.2, 0) is 13.1 Å². The quantitative estimate of drug-likeness (QED) is 0.144. The number of hydrogen-bond donors (Lipinski definition) is 1. The maximum Gasteiger partial charge on any atom is 0.164 e. The highest BCUT2D eigenvalue weighted by Gasteiger charge is 2.30. The molecule has 0 atom stereocenters. The molecule has 252 valence electrons. The number of rotatable bonds is 12. The van der Waals surface area contributed by atoms with Crippen molar-refractivity contribution in [1.29, 1.82) is 0 Å². The normalized spacial score (nSPS) is 15.2. The van der Waals surface area contributed by atoms with Gasteiger partial charge in [-0.3, -0.25) is 14.9 Å². The van der Waals surface area contributed by atoms with Gasteiger partial charge in [-0.15, -0.1) is 0 Å². The Balaban J connectivity index is 1.09. The number of nitrogens with zero attached hydrogens (tertiary/aromatic N) is 4. The minimum atomic E-state index is 0.260. The van der Waals surface area contributed by atoms with Gasteiger partial charge in [-0.25, -0.2) is 0 Å². The van der Waals surface area contributed by atoms with E-state index in [1.807, 2.05) is 42.7 Å². The van der Waals surface area contributed by atoms with Crippen LogP contribution in [0.5, 0.6) is 23.0 Å². The Bertz CT molecular complexity index is 1870. The lowest BCUT2D eigenvalue weighted by molar-refractivity contribution is 0.201. The summed E-state index contributed by atoms with van der Waals surface area (Å²) in [7, 11) is 5.13. The summed E-state index contributed by atoms with van der Waals surface area (Å²) in [6.45, 7) is 3.66. The average Bonchev–Trinajstić information content (AvgIpc) is 4.00. The summed E-state index contributed by atoms with van der Waals surface area (Å²) in [4.78, 5) is 14.5. The number of benzene rings is 3. The van der Waals surface area contributed by atoms with Crippen molar-refractivity contribution >= 4 is 5.69 Å². The number of likely N-dealkylation sites (tertiary alicyclic amines) is 1. The Kier molecular flexibility index (Phi) is 9.66. The molecular formula is C41H44N4O4. The van der Waals surface area contributed by atoms with E-state index in [0.717, 1.165) is 78.8 Å². The molecule has 0 bridgehead atoms. The molecule has 0 unspecified atom stereocenters. The number of anilines is 1. The summed E-state index contributed by atoms with van der Waals surface area (Å²) in [5.41, 5.74) is 8.77. The number of phenolic OH excluding ortho intramolecular Hbond substituents is 1. The van der Waals surface area contributed by atoms with E-state index >= 15 is 0 Å². The molecule has 2 aliphatic rings. The molecule has 3 heterocycles. The van der Waals surface area contributed by atoms with Crippen LogP contribution in [0.2, 0.25) is 0 Å². The van der Waals surface area contributed by atoms with Gasteiger partial charge in [0.25, 0.3) is 0 Å². The Hall–Kier alpha value is -5.08. The second-order valence-corrected chi connectivity index (χ2v) is 13.1. The average molecular weight is 657 g/mol. The van der Waals surface area contributed by atoms with Crippen LogP contribution in [0.25, 0.3) is 22.5 Å². The Labute approximate surface area is 288 Å². The van der Waals surface area contributed by atoms with E-state index in [1.54, 1.807) is 33.5 Å². The minimum absolute atomic E-state index is 0.260. The van der Waals surface area contributed by atoms with E-state index in [1.165, 1.54) is 35.2 Å². The number of aromatic nitrogens is 2. The molecular weight excluding hydrogens is 612 g/mol. The van der Waals surface area contributed by atoms with E-state index in [9.17, 15) is 5.11 Å². The molecule has 1 aliphatic heterocycles. The molecule has 5 aromatic rings. The monoisotopic (exact) mass is 656 g/mol. The number of pyridine rings is 2. The Morgan fingerprint density at radius 3 is 2.04 bits per heavy atom. The molecule has 1 saturated heterocycles. The van der Waals surface area contributed by atoms with Crippen molar-refractivity contribution in [2.75, 3.05) is 39.3 Å². The lowest BCUT2D eigenvalue weighted by Crippen LogP contribution is -2.44. The second-order valence-electron chi connectivity index (χ2n) is 13.1. The van der Waals surface area contributed by atoms with Crippen molar-refractivity contribution in [3.8, 4) is 45.5 Å². The van der Waals surface area contributed by atoms with Gasteiger partial charge in [0.1, 0.15) is 11.5 Å². The van der Waals surface area contributed by atoms with Gasteiger partial charge in [0, 0.05) is 67.0 Å². The van der Waals surface area contributed by atoms with Crippen LogP contribution in [0, 0.1) is 0 Å². The van der Waals surface area contributed by atoms with Gasteiger partial charge >= 0.3 is 0 Å². The highest BCUT2D eigenvalue weighted by Crippen LogP contribution is 2.49. The van der Waals surface area contributed by atoms with Crippen molar-refractivity contribution < 1.29 is 19.3 Å². The zero-order valence-electron chi connectivity index (χ0n) is 28.5. The largest absolute Gasteiger partial charge is 0.508 e. The van der Waals surface area contributed by atoms with Gasteiger partial charge < -0.3 is 24.2 Å². The SMILES string of the molecule is COc1ccc(N(Cc2ccnc(-c3cc(OC)c(OC)c(C4CC4)c3)c2)C2CCN(Cc3ccnc(-c4ccc(O)cc4)c3)CC2)cc1. The van der Waals surface area contributed by atoms with Crippen LogP contribution < -0.4 is 19.1 Å². The van der Waals surface area contributed by atoms with Crippen LogP contribution in [-0.4, -0.2) is 60.4 Å². The summed E-state index contributed by atoms with van der Waals surface area (Å²) in [6, 6.07) is 29.0. The number of piperidine rings is 1. The molecule has 0 radical (unpaired) electrons. The lowest BCUT2D eigenvalue weighted by Gasteiger charge is -2.40. The number of phenols is 1. The summed E-state index contributed by atoms with van der Waals surface area (Å²) < 4.78 is 17.0. The fraction of sp³-hybridized carbons (Fsp3) is 0.317. The second kappa shape index (κ2) is 14.6. The van der Waals surface area contributed by atoms with E-state index in [4.69, 9.17) is 19.2 Å². The smallest absolute Gasteiger partial charge is 0.164 e. The summed E-state index contributed by atoms with van der Waals surface area (Å²) in [6.07, 6.45) is 8.27. The first kappa shape index (κ1) is 32.5. The Morgan fingerprint density at radius 1 is 0.714 bits per heavy atom. The maximum atomic E-state index is 9.69. The van der Waals surface area contributed by atoms with Gasteiger partial charge in [-0.1, -0.05) is 0 Å². The molecule has 1 N–H and O–H groups in total. The van der Waals surface area contributed by atoms with Crippen LogP contribution >= 0.6 is 0 Å². The van der Waals surface area contributed by atoms with Crippen molar-refractivity contribution in [3.05, 3.63) is 114 Å². The maximum absolute atomic E-state index is 9.69.